The van der Waals surface area contributed by atoms with Gasteiger partial charge in [-0.15, -0.1) is 0 Å². The normalized spacial score (nSPS) is 24.4. The average molecular weight is 676 g/mol. The number of ether oxygens (including phenoxy) is 1. The topological polar surface area (TPSA) is 122 Å². The highest BCUT2D eigenvalue weighted by molar-refractivity contribution is 6.38. The fourth-order valence-corrected chi connectivity index (χ4v) is 8.21. The molecule has 11 heteroatoms. The SMILES string of the molecule is O=C(O)c1cc2ccc(/C=C/C34CCC(OCc5c(-c6c(Cl)cncc6Cl)noc5C5CC5)(CC3)CC4)cc2c(N2CC(CO)C2)n1. The average Bonchev–Trinajstić information content (AvgIpc) is 3.82. The van der Waals surface area contributed by atoms with Crippen LogP contribution in [0, 0.1) is 11.3 Å². The lowest BCUT2D eigenvalue weighted by atomic mass is 9.58. The molecule has 5 aliphatic rings. The first-order valence-corrected chi connectivity index (χ1v) is 17.2. The molecule has 4 aromatic rings. The third-order valence-corrected chi connectivity index (χ3v) is 11.4. The maximum Gasteiger partial charge on any atom is 0.354 e. The Morgan fingerprint density at radius 2 is 1.79 bits per heavy atom. The van der Waals surface area contributed by atoms with Crippen molar-refractivity contribution in [3.8, 4) is 11.3 Å². The largest absolute Gasteiger partial charge is 0.477 e. The zero-order valence-electron chi connectivity index (χ0n) is 25.9. The van der Waals surface area contributed by atoms with Crippen molar-refractivity contribution in [3.05, 3.63) is 75.4 Å². The molecule has 5 fully saturated rings. The summed E-state index contributed by atoms with van der Waals surface area (Å²) in [6.07, 6.45) is 16.0. The molecule has 1 aromatic carbocycles. The van der Waals surface area contributed by atoms with E-state index in [2.05, 4.69) is 38.2 Å². The van der Waals surface area contributed by atoms with Crippen LogP contribution in [0.25, 0.3) is 28.1 Å². The van der Waals surface area contributed by atoms with Gasteiger partial charge in [0.15, 0.2) is 5.69 Å². The molecule has 3 aromatic heterocycles. The molecule has 0 atom stereocenters. The summed E-state index contributed by atoms with van der Waals surface area (Å²) in [4.78, 5) is 22.4. The smallest absolute Gasteiger partial charge is 0.354 e. The number of carboxylic acids is 1. The summed E-state index contributed by atoms with van der Waals surface area (Å²) < 4.78 is 12.7. The van der Waals surface area contributed by atoms with Crippen LogP contribution in [-0.2, 0) is 11.3 Å². The zero-order chi connectivity index (χ0) is 32.3. The molecule has 0 spiro atoms. The molecule has 9 nitrogen and oxygen atoms in total. The number of nitrogens with zero attached hydrogens (tertiary/aromatic N) is 4. The van der Waals surface area contributed by atoms with Crippen LogP contribution >= 0.6 is 23.2 Å². The Labute approximate surface area is 282 Å². The zero-order valence-corrected chi connectivity index (χ0v) is 27.4. The predicted molar refractivity (Wildman–Crippen MR) is 180 cm³/mol. The molecule has 244 valence electrons. The lowest BCUT2D eigenvalue weighted by Gasteiger charge is -2.52. The Bertz CT molecular complexity index is 1850. The van der Waals surface area contributed by atoms with E-state index in [4.69, 9.17) is 32.5 Å². The van der Waals surface area contributed by atoms with E-state index in [0.29, 0.717) is 52.7 Å². The Hall–Kier alpha value is -3.50. The molecule has 47 heavy (non-hydrogen) atoms. The number of hydrogen-bond acceptors (Lipinski definition) is 8. The lowest BCUT2D eigenvalue weighted by Crippen LogP contribution is -2.49. The fourth-order valence-electron chi connectivity index (χ4n) is 7.67. The number of aliphatic hydroxyl groups excluding tert-OH is 1. The Morgan fingerprint density at radius 3 is 2.45 bits per heavy atom. The van der Waals surface area contributed by atoms with Gasteiger partial charge in [0.1, 0.15) is 17.3 Å². The molecule has 4 saturated carbocycles. The van der Waals surface area contributed by atoms with E-state index in [0.717, 1.165) is 79.0 Å². The van der Waals surface area contributed by atoms with Gasteiger partial charge in [0, 0.05) is 60.4 Å². The number of pyridine rings is 2. The van der Waals surface area contributed by atoms with Crippen LogP contribution in [0.3, 0.4) is 0 Å². The summed E-state index contributed by atoms with van der Waals surface area (Å²) in [6, 6.07) is 7.77. The molecule has 9 rings (SSSR count). The van der Waals surface area contributed by atoms with Crippen molar-refractivity contribution in [2.75, 3.05) is 24.6 Å². The molecule has 0 amide bonds. The van der Waals surface area contributed by atoms with E-state index in [1.165, 1.54) is 0 Å². The number of allylic oxidation sites excluding steroid dienone is 1. The van der Waals surface area contributed by atoms with Gasteiger partial charge in [-0.25, -0.2) is 9.78 Å². The van der Waals surface area contributed by atoms with Crippen molar-refractivity contribution in [1.82, 2.24) is 15.1 Å². The number of anilines is 1. The summed E-state index contributed by atoms with van der Waals surface area (Å²) in [5, 5.41) is 26.2. The number of carbonyl (C=O) groups is 1. The summed E-state index contributed by atoms with van der Waals surface area (Å²) >= 11 is 13.0. The Morgan fingerprint density at radius 1 is 1.06 bits per heavy atom. The van der Waals surface area contributed by atoms with Gasteiger partial charge in [0.25, 0.3) is 0 Å². The highest BCUT2D eigenvalue weighted by atomic mass is 35.5. The second-order valence-electron chi connectivity index (χ2n) is 13.9. The van der Waals surface area contributed by atoms with E-state index in [1.54, 1.807) is 18.5 Å². The minimum atomic E-state index is -1.04. The van der Waals surface area contributed by atoms with Gasteiger partial charge in [0.05, 0.1) is 22.3 Å². The molecule has 4 heterocycles. The number of carboxylic acid groups (broad SMARTS) is 1. The number of benzene rings is 1. The maximum absolute atomic E-state index is 11.8. The summed E-state index contributed by atoms with van der Waals surface area (Å²) in [5.74, 6) is 1.07. The molecule has 1 aliphatic heterocycles. The van der Waals surface area contributed by atoms with Crippen LogP contribution < -0.4 is 4.90 Å². The molecule has 2 N–H and O–H groups in total. The first-order chi connectivity index (χ1) is 22.8. The van der Waals surface area contributed by atoms with Crippen molar-refractivity contribution in [2.24, 2.45) is 11.3 Å². The van der Waals surface area contributed by atoms with Crippen LogP contribution in [-0.4, -0.2) is 56.6 Å². The predicted octanol–water partition coefficient (Wildman–Crippen LogP) is 7.92. The van der Waals surface area contributed by atoms with E-state index < -0.39 is 5.97 Å². The van der Waals surface area contributed by atoms with Gasteiger partial charge in [-0.1, -0.05) is 52.6 Å². The minimum Gasteiger partial charge on any atom is -0.477 e. The molecule has 1 saturated heterocycles. The number of rotatable bonds is 10. The first kappa shape index (κ1) is 30.8. The Kier molecular flexibility index (Phi) is 7.79. The number of aliphatic hydroxyl groups is 1. The number of hydrogen-bond donors (Lipinski definition) is 2. The molecule has 0 radical (unpaired) electrons. The van der Waals surface area contributed by atoms with Gasteiger partial charge in [0.2, 0.25) is 0 Å². The number of fused-ring (bicyclic) bond motifs is 4. The van der Waals surface area contributed by atoms with Crippen molar-refractivity contribution >= 4 is 51.8 Å². The lowest BCUT2D eigenvalue weighted by molar-refractivity contribution is -0.133. The van der Waals surface area contributed by atoms with Crippen LogP contribution in [0.5, 0.6) is 0 Å². The van der Waals surface area contributed by atoms with E-state index >= 15 is 0 Å². The van der Waals surface area contributed by atoms with Crippen LogP contribution in [0.4, 0.5) is 5.82 Å². The number of aromatic carboxylic acids is 1. The van der Waals surface area contributed by atoms with Crippen molar-refractivity contribution in [3.63, 3.8) is 0 Å². The van der Waals surface area contributed by atoms with Crippen LogP contribution in [0.1, 0.15) is 84.7 Å². The third-order valence-electron chi connectivity index (χ3n) is 10.8. The van der Waals surface area contributed by atoms with E-state index in [-0.39, 0.29) is 29.2 Å². The van der Waals surface area contributed by atoms with Gasteiger partial charge < -0.3 is 24.4 Å². The highest BCUT2D eigenvalue weighted by Gasteiger charge is 2.48. The van der Waals surface area contributed by atoms with E-state index in [1.807, 2.05) is 12.1 Å². The van der Waals surface area contributed by atoms with Gasteiger partial charge >= 0.3 is 5.97 Å². The first-order valence-electron chi connectivity index (χ1n) is 16.4. The van der Waals surface area contributed by atoms with E-state index in [9.17, 15) is 15.0 Å². The Balaban J connectivity index is 0.984. The highest BCUT2D eigenvalue weighted by Crippen LogP contribution is 2.55. The quantitative estimate of drug-likeness (QED) is 0.173. The molecule has 4 aliphatic carbocycles. The van der Waals surface area contributed by atoms with Crippen molar-refractivity contribution < 1.29 is 24.3 Å². The summed E-state index contributed by atoms with van der Waals surface area (Å²) in [7, 11) is 0. The monoisotopic (exact) mass is 674 g/mol. The van der Waals surface area contributed by atoms with Crippen molar-refractivity contribution in [2.45, 2.75) is 69.5 Å². The van der Waals surface area contributed by atoms with Crippen LogP contribution in [0.15, 0.2) is 47.3 Å². The van der Waals surface area contributed by atoms with Crippen LogP contribution in [0.2, 0.25) is 10.0 Å². The van der Waals surface area contributed by atoms with Gasteiger partial charge in [-0.2, -0.15) is 0 Å². The van der Waals surface area contributed by atoms with Crippen molar-refractivity contribution in [1.29, 1.82) is 0 Å². The molecular weight excluding hydrogens is 639 g/mol. The third kappa shape index (κ3) is 5.71. The number of halogens is 2. The summed E-state index contributed by atoms with van der Waals surface area (Å²) in [6.45, 7) is 1.86. The van der Waals surface area contributed by atoms with Gasteiger partial charge in [-0.3, -0.25) is 4.98 Å². The van der Waals surface area contributed by atoms with Gasteiger partial charge in [-0.05, 0) is 79.9 Å². The summed E-state index contributed by atoms with van der Waals surface area (Å²) in [5.41, 5.74) is 3.29. The molecular formula is C36H36Cl2N4O5. The number of aromatic nitrogens is 3. The second-order valence-corrected chi connectivity index (χ2v) is 14.7. The molecule has 0 unspecified atom stereocenters. The maximum atomic E-state index is 11.8. The standard InChI is InChI=1S/C36H36Cl2N4O5/c37-27-15-39-16-28(38)30(27)31-26(32(47-41-31)23-3-4-23)20-46-36-10-7-35(8-11-36,9-12-36)6-5-21-1-2-24-14-29(34(44)45)40-33(25(24)13-21)42-17-22(18-42)19-43/h1-2,5-6,13-16,22-23,43H,3-4,7-12,17-20H2,(H,44,45)/b6-5+. The minimum absolute atomic E-state index is 0.0335. The second kappa shape index (κ2) is 11.9. The fraction of sp³-hybridized carbons (Fsp3) is 0.444. The molecule has 2 bridgehead atoms.